The van der Waals surface area contributed by atoms with Crippen LogP contribution in [0.1, 0.15) is 29.7 Å². The van der Waals surface area contributed by atoms with Crippen molar-refractivity contribution in [2.45, 2.75) is 32.5 Å². The van der Waals surface area contributed by atoms with Crippen LogP contribution in [0, 0.1) is 6.92 Å². The molecule has 6 aromatic rings. The summed E-state index contributed by atoms with van der Waals surface area (Å²) in [6, 6.07) is 19.9. The number of carbonyl (C=O) groups excluding carboxylic acids is 1. The summed E-state index contributed by atoms with van der Waals surface area (Å²) in [5.74, 6) is 2.07. The Bertz CT molecular complexity index is 2030. The third-order valence-electron chi connectivity index (χ3n) is 8.92. The number of hydrogen-bond acceptors (Lipinski definition) is 7. The van der Waals surface area contributed by atoms with Crippen molar-refractivity contribution in [3.63, 3.8) is 0 Å². The Labute approximate surface area is 267 Å². The van der Waals surface area contributed by atoms with Gasteiger partial charge >= 0.3 is 0 Å². The fourth-order valence-electron chi connectivity index (χ4n) is 6.52. The van der Waals surface area contributed by atoms with E-state index in [2.05, 4.69) is 31.7 Å². The Balaban J connectivity index is 1.22. The van der Waals surface area contributed by atoms with Crippen molar-refractivity contribution in [1.29, 1.82) is 0 Å². The number of imidazole rings is 1. The van der Waals surface area contributed by atoms with Gasteiger partial charge in [-0.3, -0.25) is 14.4 Å². The van der Waals surface area contributed by atoms with Crippen LogP contribution in [0.15, 0.2) is 73.1 Å². The molecular formula is C35H38N8O3. The number of aryl methyl sites for hydroxylation is 2. The van der Waals surface area contributed by atoms with Crippen LogP contribution in [-0.4, -0.2) is 78.9 Å². The Hall–Kier alpha value is -5.16. The molecular weight excluding hydrogens is 580 g/mol. The molecule has 236 valence electrons. The number of nitrogens with zero attached hydrogens (tertiary/aromatic N) is 7. The zero-order valence-electron chi connectivity index (χ0n) is 26.6. The van der Waals surface area contributed by atoms with E-state index in [4.69, 9.17) is 19.4 Å². The highest BCUT2D eigenvalue weighted by atomic mass is 16.5. The number of methoxy groups -OCH3 is 2. The molecule has 1 atom stereocenters. The van der Waals surface area contributed by atoms with Gasteiger partial charge in [-0.15, -0.1) is 0 Å². The molecule has 2 aromatic carbocycles. The molecule has 1 aliphatic rings. The number of nitrogens with one attached hydrogen (secondary N) is 1. The molecule has 1 saturated heterocycles. The van der Waals surface area contributed by atoms with Crippen molar-refractivity contribution in [2.24, 2.45) is 7.05 Å². The standard InChI is InChI=1S/C35H38N8O3/c1-23-17-25-9-10-27(45-3)19-32(25)43(23)22-33(44)42-16-15-41(21-26-11-13-40(2)39-26)14-12-31(42)34-36-20-30(37-34)28-18-24-7-5-6-8-29(24)38-35(28)46-4/h5-11,13,17-20,31H,12,14-16,21-22H2,1-4H3,(H,36,37). The summed E-state index contributed by atoms with van der Waals surface area (Å²) in [5.41, 5.74) is 5.50. The lowest BCUT2D eigenvalue weighted by molar-refractivity contribution is -0.134. The molecule has 5 heterocycles. The molecule has 1 aliphatic heterocycles. The number of rotatable bonds is 8. The van der Waals surface area contributed by atoms with Gasteiger partial charge in [-0.2, -0.15) is 5.10 Å². The van der Waals surface area contributed by atoms with Crippen LogP contribution in [-0.2, 0) is 24.9 Å². The fraction of sp³-hybridized carbons (Fsp3) is 0.314. The summed E-state index contributed by atoms with van der Waals surface area (Å²) in [7, 11) is 5.22. The Kier molecular flexibility index (Phi) is 7.91. The number of H-pyrrole nitrogens is 1. The summed E-state index contributed by atoms with van der Waals surface area (Å²) in [4.78, 5) is 31.8. The van der Waals surface area contributed by atoms with Gasteiger partial charge in [0.2, 0.25) is 11.8 Å². The maximum atomic E-state index is 14.3. The monoisotopic (exact) mass is 618 g/mol. The molecule has 11 nitrogen and oxygen atoms in total. The molecule has 0 bridgehead atoms. The van der Waals surface area contributed by atoms with Gasteiger partial charge in [0.1, 0.15) is 18.1 Å². The average molecular weight is 619 g/mol. The van der Waals surface area contributed by atoms with Crippen molar-refractivity contribution in [3.05, 3.63) is 90.3 Å². The lowest BCUT2D eigenvalue weighted by Crippen LogP contribution is -2.39. The van der Waals surface area contributed by atoms with E-state index in [0.717, 1.165) is 82.1 Å². The van der Waals surface area contributed by atoms with Crippen LogP contribution < -0.4 is 9.47 Å². The van der Waals surface area contributed by atoms with Crippen LogP contribution in [0.2, 0.25) is 0 Å². The van der Waals surface area contributed by atoms with Crippen LogP contribution >= 0.6 is 0 Å². The second-order valence-corrected chi connectivity index (χ2v) is 11.9. The third kappa shape index (κ3) is 5.69. The normalized spacial score (nSPS) is 15.8. The minimum atomic E-state index is -0.244. The second kappa shape index (κ2) is 12.3. The molecule has 1 unspecified atom stereocenters. The number of carbonyl (C=O) groups is 1. The van der Waals surface area contributed by atoms with Gasteiger partial charge < -0.3 is 23.9 Å². The van der Waals surface area contributed by atoms with Crippen molar-refractivity contribution >= 4 is 27.7 Å². The molecule has 7 rings (SSSR count). The number of aromatic amines is 1. The Morgan fingerprint density at radius 1 is 1.00 bits per heavy atom. The highest BCUT2D eigenvalue weighted by Crippen LogP contribution is 2.34. The summed E-state index contributed by atoms with van der Waals surface area (Å²) in [6.07, 6.45) is 4.50. The SMILES string of the molecule is COc1ccc2cc(C)n(CC(=O)N3CCN(Cc4ccn(C)n4)CCC3c3ncc(-c4cc5ccccc5nc4OC)[nH]3)c2c1. The Morgan fingerprint density at radius 3 is 2.67 bits per heavy atom. The molecule has 0 spiro atoms. The van der Waals surface area contributed by atoms with Crippen LogP contribution in [0.5, 0.6) is 11.6 Å². The molecule has 4 aromatic heterocycles. The number of pyridine rings is 1. The maximum absolute atomic E-state index is 14.3. The van der Waals surface area contributed by atoms with Crippen molar-refractivity contribution in [1.82, 2.24) is 39.1 Å². The van der Waals surface area contributed by atoms with Gasteiger partial charge in [0.25, 0.3) is 0 Å². The largest absolute Gasteiger partial charge is 0.497 e. The third-order valence-corrected chi connectivity index (χ3v) is 8.92. The maximum Gasteiger partial charge on any atom is 0.243 e. The quantitative estimate of drug-likeness (QED) is 0.253. The van der Waals surface area contributed by atoms with E-state index >= 15 is 0 Å². The van der Waals surface area contributed by atoms with Gasteiger partial charge in [-0.1, -0.05) is 18.2 Å². The lowest BCUT2D eigenvalue weighted by Gasteiger charge is -2.29. The van der Waals surface area contributed by atoms with E-state index < -0.39 is 0 Å². The minimum absolute atomic E-state index is 0.0380. The zero-order chi connectivity index (χ0) is 31.8. The van der Waals surface area contributed by atoms with E-state index in [1.54, 1.807) is 14.2 Å². The van der Waals surface area contributed by atoms with Crippen LogP contribution in [0.25, 0.3) is 33.1 Å². The molecule has 0 radical (unpaired) electrons. The predicted octanol–water partition coefficient (Wildman–Crippen LogP) is 5.11. The number of benzene rings is 2. The summed E-state index contributed by atoms with van der Waals surface area (Å²) in [6.45, 7) is 5.07. The van der Waals surface area contributed by atoms with E-state index in [9.17, 15) is 4.79 Å². The second-order valence-electron chi connectivity index (χ2n) is 11.9. The van der Waals surface area contributed by atoms with Crippen molar-refractivity contribution in [2.75, 3.05) is 33.9 Å². The predicted molar refractivity (Wildman–Crippen MR) is 177 cm³/mol. The van der Waals surface area contributed by atoms with Gasteiger partial charge in [-0.25, -0.2) is 9.97 Å². The topological polar surface area (TPSA) is 106 Å². The fourth-order valence-corrected chi connectivity index (χ4v) is 6.52. The minimum Gasteiger partial charge on any atom is -0.497 e. The lowest BCUT2D eigenvalue weighted by atomic mass is 10.1. The van der Waals surface area contributed by atoms with Gasteiger partial charge in [-0.05, 0) is 49.7 Å². The van der Waals surface area contributed by atoms with E-state index in [1.807, 2.05) is 84.5 Å². The van der Waals surface area contributed by atoms with Crippen molar-refractivity contribution in [3.8, 4) is 22.9 Å². The van der Waals surface area contributed by atoms with E-state index in [-0.39, 0.29) is 18.5 Å². The van der Waals surface area contributed by atoms with Crippen LogP contribution in [0.4, 0.5) is 0 Å². The number of fused-ring (bicyclic) bond motifs is 2. The Morgan fingerprint density at radius 2 is 1.87 bits per heavy atom. The molecule has 1 amide bonds. The highest BCUT2D eigenvalue weighted by Gasteiger charge is 2.32. The first-order valence-electron chi connectivity index (χ1n) is 15.5. The zero-order valence-corrected chi connectivity index (χ0v) is 26.6. The number of aromatic nitrogens is 6. The number of ether oxygens (including phenoxy) is 2. The van der Waals surface area contributed by atoms with Gasteiger partial charge in [0.15, 0.2) is 0 Å². The van der Waals surface area contributed by atoms with Crippen LogP contribution in [0.3, 0.4) is 0 Å². The van der Waals surface area contributed by atoms with E-state index in [1.165, 1.54) is 0 Å². The molecule has 0 saturated carbocycles. The first-order chi connectivity index (χ1) is 22.4. The summed E-state index contributed by atoms with van der Waals surface area (Å²) >= 11 is 0. The molecule has 46 heavy (non-hydrogen) atoms. The molecule has 1 fully saturated rings. The number of hydrogen-bond donors (Lipinski definition) is 1. The molecule has 0 aliphatic carbocycles. The smallest absolute Gasteiger partial charge is 0.243 e. The first kappa shape index (κ1) is 29.5. The molecule has 11 heteroatoms. The first-order valence-corrected chi connectivity index (χ1v) is 15.5. The van der Waals surface area contributed by atoms with Crippen molar-refractivity contribution < 1.29 is 14.3 Å². The number of amides is 1. The number of para-hydroxylation sites is 1. The average Bonchev–Trinajstić information content (AvgIpc) is 3.76. The highest BCUT2D eigenvalue weighted by molar-refractivity contribution is 5.86. The molecule has 1 N–H and O–H groups in total. The van der Waals surface area contributed by atoms with E-state index in [0.29, 0.717) is 12.4 Å². The summed E-state index contributed by atoms with van der Waals surface area (Å²) < 4.78 is 15.1. The van der Waals surface area contributed by atoms with Gasteiger partial charge in [0.05, 0.1) is 54.4 Å². The van der Waals surface area contributed by atoms with Gasteiger partial charge in [0, 0.05) is 62.0 Å². The summed E-state index contributed by atoms with van der Waals surface area (Å²) in [5, 5.41) is 6.68.